The lowest BCUT2D eigenvalue weighted by Crippen LogP contribution is -2.55. The molecule has 0 aliphatic carbocycles. The number of carbonyl (C=O) groups excluding carboxylic acids is 2. The van der Waals surface area contributed by atoms with E-state index in [4.69, 9.17) is 0 Å². The minimum absolute atomic E-state index is 0.216. The summed E-state index contributed by atoms with van der Waals surface area (Å²) in [4.78, 5) is 27.9. The molecule has 0 unspecified atom stereocenters. The molecular weight excluding hydrogens is 256 g/mol. The zero-order valence-corrected chi connectivity index (χ0v) is 12.6. The third-order valence-electron chi connectivity index (χ3n) is 4.59. The molecule has 0 radical (unpaired) electrons. The van der Waals surface area contributed by atoms with Gasteiger partial charge in [-0.3, -0.25) is 9.59 Å². The standard InChI is InChI=1S/C15H26N2O3/c1-16-10-8-13-12(11-16)5-4-9-17(13)14(18)6-3-7-15(19)20-2/h12-13H,3-11H2,1-2H3/t12-,13+/m0/s1. The zero-order chi connectivity index (χ0) is 14.5. The summed E-state index contributed by atoms with van der Waals surface area (Å²) >= 11 is 0. The van der Waals surface area contributed by atoms with Crippen molar-refractivity contribution in [2.45, 2.75) is 44.6 Å². The lowest BCUT2D eigenvalue weighted by atomic mass is 9.84. The van der Waals surface area contributed by atoms with Gasteiger partial charge in [0.2, 0.25) is 5.91 Å². The molecule has 1 amide bonds. The van der Waals surface area contributed by atoms with Gasteiger partial charge in [0.25, 0.3) is 0 Å². The number of ether oxygens (including phenoxy) is 1. The lowest BCUT2D eigenvalue weighted by Gasteiger charge is -2.46. The first kappa shape index (κ1) is 15.3. The largest absolute Gasteiger partial charge is 0.469 e. The van der Waals surface area contributed by atoms with Gasteiger partial charge in [-0.05, 0) is 45.2 Å². The third kappa shape index (κ3) is 3.72. The van der Waals surface area contributed by atoms with Gasteiger partial charge >= 0.3 is 5.97 Å². The number of hydrogen-bond acceptors (Lipinski definition) is 4. The predicted molar refractivity (Wildman–Crippen MR) is 76.2 cm³/mol. The summed E-state index contributed by atoms with van der Waals surface area (Å²) in [7, 11) is 3.55. The Morgan fingerprint density at radius 2 is 2.00 bits per heavy atom. The van der Waals surface area contributed by atoms with Crippen LogP contribution in [-0.4, -0.2) is 61.5 Å². The summed E-state index contributed by atoms with van der Waals surface area (Å²) in [6.07, 6.45) is 4.84. The summed E-state index contributed by atoms with van der Waals surface area (Å²) < 4.78 is 4.61. The fourth-order valence-corrected chi connectivity index (χ4v) is 3.52. The van der Waals surface area contributed by atoms with Crippen LogP contribution in [0.5, 0.6) is 0 Å². The van der Waals surface area contributed by atoms with Crippen molar-refractivity contribution in [1.29, 1.82) is 0 Å². The van der Waals surface area contributed by atoms with Crippen molar-refractivity contribution in [2.24, 2.45) is 5.92 Å². The summed E-state index contributed by atoms with van der Waals surface area (Å²) in [5.74, 6) is 0.619. The first-order chi connectivity index (χ1) is 9.61. The first-order valence-corrected chi connectivity index (χ1v) is 7.66. The van der Waals surface area contributed by atoms with Gasteiger partial charge in [-0.1, -0.05) is 0 Å². The highest BCUT2D eigenvalue weighted by molar-refractivity contribution is 5.77. The van der Waals surface area contributed by atoms with E-state index in [0.717, 1.165) is 32.5 Å². The lowest BCUT2D eigenvalue weighted by molar-refractivity contribution is -0.141. The summed E-state index contributed by atoms with van der Waals surface area (Å²) in [6.45, 7) is 3.08. The van der Waals surface area contributed by atoms with Gasteiger partial charge in [0, 0.05) is 32.0 Å². The molecule has 0 bridgehead atoms. The van der Waals surface area contributed by atoms with Crippen LogP contribution in [0.2, 0.25) is 0 Å². The van der Waals surface area contributed by atoms with Crippen molar-refractivity contribution in [3.05, 3.63) is 0 Å². The predicted octanol–water partition coefficient (Wildman–Crippen LogP) is 1.27. The highest BCUT2D eigenvalue weighted by atomic mass is 16.5. The van der Waals surface area contributed by atoms with E-state index in [1.807, 2.05) is 0 Å². The second kappa shape index (κ2) is 7.07. The number of methoxy groups -OCH3 is 1. The number of fused-ring (bicyclic) bond motifs is 1. The molecule has 114 valence electrons. The molecule has 0 aromatic rings. The molecular formula is C15H26N2O3. The molecule has 2 atom stereocenters. The smallest absolute Gasteiger partial charge is 0.305 e. The molecule has 5 heteroatoms. The Balaban J connectivity index is 1.84. The number of rotatable bonds is 4. The third-order valence-corrected chi connectivity index (χ3v) is 4.59. The van der Waals surface area contributed by atoms with E-state index >= 15 is 0 Å². The second-order valence-corrected chi connectivity index (χ2v) is 6.04. The zero-order valence-electron chi connectivity index (χ0n) is 12.6. The van der Waals surface area contributed by atoms with E-state index in [-0.39, 0.29) is 11.9 Å². The molecule has 2 aliphatic heterocycles. The van der Waals surface area contributed by atoms with E-state index in [1.165, 1.54) is 13.5 Å². The number of likely N-dealkylation sites (tertiary alicyclic amines) is 2. The van der Waals surface area contributed by atoms with E-state index in [2.05, 4.69) is 21.6 Å². The van der Waals surface area contributed by atoms with Crippen LogP contribution < -0.4 is 0 Å². The molecule has 20 heavy (non-hydrogen) atoms. The van der Waals surface area contributed by atoms with Crippen LogP contribution in [0, 0.1) is 5.92 Å². The average molecular weight is 282 g/mol. The van der Waals surface area contributed by atoms with E-state index in [1.54, 1.807) is 0 Å². The van der Waals surface area contributed by atoms with Crippen LogP contribution in [0.3, 0.4) is 0 Å². The Morgan fingerprint density at radius 3 is 2.75 bits per heavy atom. The van der Waals surface area contributed by atoms with Crippen LogP contribution in [0.4, 0.5) is 0 Å². The maximum Gasteiger partial charge on any atom is 0.305 e. The fourth-order valence-electron chi connectivity index (χ4n) is 3.52. The van der Waals surface area contributed by atoms with Gasteiger partial charge in [0.1, 0.15) is 0 Å². The number of esters is 1. The number of piperidine rings is 2. The molecule has 0 aromatic heterocycles. The van der Waals surface area contributed by atoms with Gasteiger partial charge in [0.15, 0.2) is 0 Å². The highest BCUT2D eigenvalue weighted by Crippen LogP contribution is 2.30. The molecule has 0 N–H and O–H groups in total. The number of hydrogen-bond donors (Lipinski definition) is 0. The van der Waals surface area contributed by atoms with Crippen molar-refractivity contribution < 1.29 is 14.3 Å². The molecule has 0 spiro atoms. The number of carbonyl (C=O) groups is 2. The molecule has 2 rings (SSSR count). The maximum absolute atomic E-state index is 12.4. The summed E-state index contributed by atoms with van der Waals surface area (Å²) in [5.41, 5.74) is 0. The highest BCUT2D eigenvalue weighted by Gasteiger charge is 2.36. The van der Waals surface area contributed by atoms with Crippen molar-refractivity contribution in [1.82, 2.24) is 9.80 Å². The Kier molecular flexibility index (Phi) is 5.40. The summed E-state index contributed by atoms with van der Waals surface area (Å²) in [6, 6.07) is 0.422. The van der Waals surface area contributed by atoms with Crippen molar-refractivity contribution in [2.75, 3.05) is 33.8 Å². The Hall–Kier alpha value is -1.10. The number of amides is 1. The quantitative estimate of drug-likeness (QED) is 0.729. The molecule has 2 saturated heterocycles. The van der Waals surface area contributed by atoms with Crippen molar-refractivity contribution in [3.63, 3.8) is 0 Å². The van der Waals surface area contributed by atoms with Gasteiger partial charge in [-0.25, -0.2) is 0 Å². The topological polar surface area (TPSA) is 49.9 Å². The molecule has 0 saturated carbocycles. The molecule has 2 heterocycles. The number of nitrogens with zero attached hydrogens (tertiary/aromatic N) is 2. The Morgan fingerprint density at radius 1 is 1.20 bits per heavy atom. The fraction of sp³-hybridized carbons (Fsp3) is 0.867. The van der Waals surface area contributed by atoms with Crippen LogP contribution >= 0.6 is 0 Å². The average Bonchev–Trinajstić information content (AvgIpc) is 2.45. The van der Waals surface area contributed by atoms with Crippen LogP contribution in [0.25, 0.3) is 0 Å². The van der Waals surface area contributed by atoms with Crippen LogP contribution in [-0.2, 0) is 14.3 Å². The van der Waals surface area contributed by atoms with E-state index < -0.39 is 0 Å². The Bertz CT molecular complexity index is 359. The maximum atomic E-state index is 12.4. The minimum Gasteiger partial charge on any atom is -0.469 e. The normalized spacial score (nSPS) is 27.0. The Labute approximate surface area is 121 Å². The molecule has 0 aromatic carbocycles. The van der Waals surface area contributed by atoms with E-state index in [9.17, 15) is 9.59 Å². The van der Waals surface area contributed by atoms with Crippen LogP contribution in [0.1, 0.15) is 38.5 Å². The van der Waals surface area contributed by atoms with E-state index in [0.29, 0.717) is 31.2 Å². The van der Waals surface area contributed by atoms with Gasteiger partial charge in [0.05, 0.1) is 7.11 Å². The van der Waals surface area contributed by atoms with Gasteiger partial charge in [-0.2, -0.15) is 0 Å². The van der Waals surface area contributed by atoms with Gasteiger partial charge < -0.3 is 14.5 Å². The molecule has 5 nitrogen and oxygen atoms in total. The van der Waals surface area contributed by atoms with Crippen LogP contribution in [0.15, 0.2) is 0 Å². The molecule has 2 fully saturated rings. The second-order valence-electron chi connectivity index (χ2n) is 6.04. The summed E-state index contributed by atoms with van der Waals surface area (Å²) in [5, 5.41) is 0. The SMILES string of the molecule is COC(=O)CCCC(=O)N1CCC[C@H]2CN(C)CC[C@H]21. The molecule has 2 aliphatic rings. The first-order valence-electron chi connectivity index (χ1n) is 7.66. The van der Waals surface area contributed by atoms with Crippen molar-refractivity contribution >= 4 is 11.9 Å². The van der Waals surface area contributed by atoms with Gasteiger partial charge in [-0.15, -0.1) is 0 Å². The monoisotopic (exact) mass is 282 g/mol. The van der Waals surface area contributed by atoms with Crippen molar-refractivity contribution in [3.8, 4) is 0 Å². The minimum atomic E-state index is -0.228.